The van der Waals surface area contributed by atoms with Gasteiger partial charge >= 0.3 is 6.03 Å². The molecule has 1 aliphatic rings. The van der Waals surface area contributed by atoms with Crippen molar-refractivity contribution in [1.29, 1.82) is 0 Å². The average molecular weight is 435 g/mol. The molecule has 2 aromatic rings. The third-order valence-corrected chi connectivity index (χ3v) is 5.57. The zero-order valence-electron chi connectivity index (χ0n) is 18.0. The summed E-state index contributed by atoms with van der Waals surface area (Å²) in [7, 11) is 0. The minimum atomic E-state index is -0.506. The van der Waals surface area contributed by atoms with E-state index < -0.39 is 11.6 Å². The maximum atomic E-state index is 12.2. The van der Waals surface area contributed by atoms with Crippen molar-refractivity contribution in [3.05, 3.63) is 24.2 Å². The SMILES string of the molecule is C[C@@H]1CCCN(c2nnc(SCC(=O)NC(=O)NC(C)(C)C)n2Cc2ccco2)C1. The lowest BCUT2D eigenvalue weighted by Crippen LogP contribution is -2.48. The van der Waals surface area contributed by atoms with Crippen LogP contribution in [-0.2, 0) is 11.3 Å². The summed E-state index contributed by atoms with van der Waals surface area (Å²) >= 11 is 1.25. The molecule has 164 valence electrons. The molecule has 0 bridgehead atoms. The lowest BCUT2D eigenvalue weighted by atomic mass is 10.0. The summed E-state index contributed by atoms with van der Waals surface area (Å²) in [5.41, 5.74) is -0.415. The van der Waals surface area contributed by atoms with E-state index in [0.29, 0.717) is 17.6 Å². The molecular weight excluding hydrogens is 404 g/mol. The van der Waals surface area contributed by atoms with E-state index in [1.807, 2.05) is 37.5 Å². The van der Waals surface area contributed by atoms with Crippen molar-refractivity contribution in [3.63, 3.8) is 0 Å². The van der Waals surface area contributed by atoms with Gasteiger partial charge in [0.25, 0.3) is 0 Å². The zero-order valence-corrected chi connectivity index (χ0v) is 18.8. The molecule has 2 N–H and O–H groups in total. The van der Waals surface area contributed by atoms with Crippen molar-refractivity contribution in [2.24, 2.45) is 5.92 Å². The number of amides is 3. The van der Waals surface area contributed by atoms with E-state index in [2.05, 4.69) is 32.7 Å². The first-order chi connectivity index (χ1) is 14.2. The Hall–Kier alpha value is -2.49. The van der Waals surface area contributed by atoms with Crippen molar-refractivity contribution in [2.75, 3.05) is 23.7 Å². The number of hydrogen-bond donors (Lipinski definition) is 2. The van der Waals surface area contributed by atoms with E-state index in [1.54, 1.807) is 6.26 Å². The Morgan fingerprint density at radius 3 is 2.80 bits per heavy atom. The standard InChI is InChI=1S/C20H30N6O3S/c1-14-7-5-9-25(11-14)18-23-24-19(26(18)12-15-8-6-10-29-15)30-13-16(27)21-17(28)22-20(2,3)4/h6,8,10,14H,5,7,9,11-13H2,1-4H3,(H2,21,22,27,28)/t14-/m1/s1. The topological polar surface area (TPSA) is 105 Å². The third-order valence-electron chi connectivity index (χ3n) is 4.61. The van der Waals surface area contributed by atoms with Gasteiger partial charge in [0.15, 0.2) is 5.16 Å². The van der Waals surface area contributed by atoms with Gasteiger partial charge in [-0.05, 0) is 51.7 Å². The molecule has 3 heterocycles. The van der Waals surface area contributed by atoms with Gasteiger partial charge in [-0.15, -0.1) is 10.2 Å². The molecule has 0 aliphatic carbocycles. The lowest BCUT2D eigenvalue weighted by Gasteiger charge is -2.31. The number of hydrogen-bond acceptors (Lipinski definition) is 7. The number of nitrogens with zero attached hydrogens (tertiary/aromatic N) is 4. The van der Waals surface area contributed by atoms with Gasteiger partial charge in [-0.25, -0.2) is 4.79 Å². The van der Waals surface area contributed by atoms with Gasteiger partial charge in [0.1, 0.15) is 5.76 Å². The van der Waals surface area contributed by atoms with Gasteiger partial charge < -0.3 is 14.6 Å². The summed E-state index contributed by atoms with van der Waals surface area (Å²) in [4.78, 5) is 26.4. The molecule has 9 nitrogen and oxygen atoms in total. The summed E-state index contributed by atoms with van der Waals surface area (Å²) < 4.78 is 7.49. The number of imide groups is 1. The number of urea groups is 1. The molecule has 1 saturated heterocycles. The summed E-state index contributed by atoms with van der Waals surface area (Å²) in [5, 5.41) is 14.4. The Morgan fingerprint density at radius 1 is 1.33 bits per heavy atom. The number of anilines is 1. The van der Waals surface area contributed by atoms with Crippen LogP contribution in [-0.4, -0.2) is 51.1 Å². The van der Waals surface area contributed by atoms with E-state index in [1.165, 1.54) is 18.2 Å². The lowest BCUT2D eigenvalue weighted by molar-refractivity contribution is -0.117. The molecule has 3 rings (SSSR count). The van der Waals surface area contributed by atoms with Gasteiger partial charge in [-0.3, -0.25) is 14.7 Å². The van der Waals surface area contributed by atoms with Crippen LogP contribution in [0.5, 0.6) is 0 Å². The Labute approximate surface area is 181 Å². The van der Waals surface area contributed by atoms with Gasteiger partial charge in [-0.2, -0.15) is 0 Å². The molecule has 0 unspecified atom stereocenters. The molecule has 3 amide bonds. The fourth-order valence-electron chi connectivity index (χ4n) is 3.35. The number of piperidine rings is 1. The maximum absolute atomic E-state index is 12.2. The largest absolute Gasteiger partial charge is 0.467 e. The highest BCUT2D eigenvalue weighted by atomic mass is 32.2. The Kier molecular flexibility index (Phi) is 7.06. The van der Waals surface area contributed by atoms with Gasteiger partial charge in [0.05, 0.1) is 18.6 Å². The molecule has 1 atom stereocenters. The first-order valence-electron chi connectivity index (χ1n) is 10.2. The number of thioether (sulfide) groups is 1. The molecule has 1 fully saturated rings. The van der Waals surface area contributed by atoms with Crippen LogP contribution in [0.15, 0.2) is 28.0 Å². The predicted octanol–water partition coefficient (Wildman–Crippen LogP) is 2.87. The summed E-state index contributed by atoms with van der Waals surface area (Å²) in [6.07, 6.45) is 3.96. The normalized spacial score (nSPS) is 17.1. The smallest absolute Gasteiger partial charge is 0.321 e. The second-order valence-electron chi connectivity index (χ2n) is 8.68. The number of carbonyl (C=O) groups excluding carboxylic acids is 2. The number of rotatable bonds is 6. The quantitative estimate of drug-likeness (QED) is 0.674. The van der Waals surface area contributed by atoms with Crippen molar-refractivity contribution < 1.29 is 14.0 Å². The molecule has 0 radical (unpaired) electrons. The minimum Gasteiger partial charge on any atom is -0.467 e. The van der Waals surface area contributed by atoms with Crippen LogP contribution in [0.3, 0.4) is 0 Å². The van der Waals surface area contributed by atoms with Crippen LogP contribution >= 0.6 is 11.8 Å². The first-order valence-corrected chi connectivity index (χ1v) is 11.1. The minimum absolute atomic E-state index is 0.0598. The first kappa shape index (κ1) is 22.2. The van der Waals surface area contributed by atoms with Crippen LogP contribution in [0, 0.1) is 5.92 Å². The van der Waals surface area contributed by atoms with Gasteiger partial charge in [-0.1, -0.05) is 18.7 Å². The fourth-order valence-corrected chi connectivity index (χ4v) is 4.09. The van der Waals surface area contributed by atoms with Crippen molar-refractivity contribution in [1.82, 2.24) is 25.4 Å². The Balaban J connectivity index is 1.69. The van der Waals surface area contributed by atoms with E-state index >= 15 is 0 Å². The molecule has 1 aliphatic heterocycles. The van der Waals surface area contributed by atoms with Crippen LogP contribution < -0.4 is 15.5 Å². The predicted molar refractivity (Wildman–Crippen MR) is 116 cm³/mol. The number of nitrogens with one attached hydrogen (secondary N) is 2. The molecule has 0 spiro atoms. The summed E-state index contributed by atoms with van der Waals surface area (Å²) in [6.45, 7) is 10.1. The molecule has 0 aromatic carbocycles. The van der Waals surface area contributed by atoms with Crippen LogP contribution in [0.25, 0.3) is 0 Å². The molecular formula is C20H30N6O3S. The van der Waals surface area contributed by atoms with Crippen molar-refractivity contribution in [2.45, 2.75) is 57.8 Å². The van der Waals surface area contributed by atoms with Gasteiger partial charge in [0, 0.05) is 18.6 Å². The monoisotopic (exact) mass is 434 g/mol. The maximum Gasteiger partial charge on any atom is 0.321 e. The van der Waals surface area contributed by atoms with Crippen LogP contribution in [0.2, 0.25) is 0 Å². The molecule has 10 heteroatoms. The van der Waals surface area contributed by atoms with E-state index in [9.17, 15) is 9.59 Å². The number of furan rings is 1. The highest BCUT2D eigenvalue weighted by Gasteiger charge is 2.24. The van der Waals surface area contributed by atoms with Crippen molar-refractivity contribution in [3.8, 4) is 0 Å². The summed E-state index contributed by atoms with van der Waals surface area (Å²) in [5.74, 6) is 1.84. The molecule has 30 heavy (non-hydrogen) atoms. The number of aromatic nitrogens is 3. The van der Waals surface area contributed by atoms with E-state index in [0.717, 1.165) is 31.2 Å². The fraction of sp³-hybridized carbons (Fsp3) is 0.600. The average Bonchev–Trinajstić information content (AvgIpc) is 3.29. The van der Waals surface area contributed by atoms with Crippen LogP contribution in [0.1, 0.15) is 46.3 Å². The Bertz CT molecular complexity index is 859. The third kappa shape index (κ3) is 6.25. The van der Waals surface area contributed by atoms with Gasteiger partial charge in [0.2, 0.25) is 11.9 Å². The zero-order chi connectivity index (χ0) is 21.7. The molecule has 2 aromatic heterocycles. The molecule has 0 saturated carbocycles. The summed E-state index contributed by atoms with van der Waals surface area (Å²) in [6, 6.07) is 3.24. The van der Waals surface area contributed by atoms with Crippen molar-refractivity contribution >= 4 is 29.6 Å². The second-order valence-corrected chi connectivity index (χ2v) is 9.62. The Morgan fingerprint density at radius 2 is 2.13 bits per heavy atom. The van der Waals surface area contributed by atoms with E-state index in [4.69, 9.17) is 4.42 Å². The number of carbonyl (C=O) groups is 2. The van der Waals surface area contributed by atoms with Crippen LogP contribution in [0.4, 0.5) is 10.7 Å². The second kappa shape index (κ2) is 9.55. The highest BCUT2D eigenvalue weighted by Crippen LogP contribution is 2.27. The van der Waals surface area contributed by atoms with E-state index in [-0.39, 0.29) is 11.7 Å². The highest BCUT2D eigenvalue weighted by molar-refractivity contribution is 7.99.